The minimum absolute atomic E-state index is 0.0435. The van der Waals surface area contributed by atoms with Crippen LogP contribution in [0.3, 0.4) is 0 Å². The number of rotatable bonds is 7. The quantitative estimate of drug-likeness (QED) is 0.117. The van der Waals surface area contributed by atoms with Gasteiger partial charge in [-0.1, -0.05) is 59.1 Å². The van der Waals surface area contributed by atoms with Crippen molar-refractivity contribution in [1.82, 2.24) is 9.99 Å². The molecule has 12 nitrogen and oxygen atoms in total. The SMILES string of the molecule is COc1ccc([C@@]23C(=O)N(Nc4ccc(Cl)cc4Cl)C(=O)[C@@H]2C[C@@H]2C(=CC[C@@H]4C(=O)N(c5ccc(-c6nc7ccccc7o6)cc5)C(=O)[C@@H]42)[C@@H]3C2=COc3ccc(O)cc3C2)cc1. The van der Waals surface area contributed by atoms with Crippen LogP contribution in [0.15, 0.2) is 137 Å². The third-order valence-corrected chi connectivity index (χ3v) is 13.9. The Kier molecular flexibility index (Phi) is 9.04. The topological polar surface area (TPSA) is 152 Å². The van der Waals surface area contributed by atoms with Gasteiger partial charge in [0.15, 0.2) is 5.58 Å². The molecule has 2 aliphatic carbocycles. The van der Waals surface area contributed by atoms with Crippen LogP contribution in [0.2, 0.25) is 10.0 Å². The lowest BCUT2D eigenvalue weighted by molar-refractivity contribution is -0.139. The predicted octanol–water partition coefficient (Wildman–Crippen LogP) is 9.06. The first-order valence-corrected chi connectivity index (χ1v) is 21.3. The van der Waals surface area contributed by atoms with Gasteiger partial charge in [0, 0.05) is 28.5 Å². The van der Waals surface area contributed by atoms with E-state index in [1.807, 2.05) is 30.3 Å². The highest BCUT2D eigenvalue weighted by molar-refractivity contribution is 6.36. The molecule has 314 valence electrons. The van der Waals surface area contributed by atoms with Gasteiger partial charge in [0.1, 0.15) is 22.8 Å². The number of nitrogens with zero attached hydrogens (tertiary/aromatic N) is 3. The van der Waals surface area contributed by atoms with E-state index in [-0.39, 0.29) is 41.8 Å². The van der Waals surface area contributed by atoms with Crippen molar-refractivity contribution in [2.24, 2.45) is 29.6 Å². The van der Waals surface area contributed by atoms with Crippen molar-refractivity contribution in [2.75, 3.05) is 17.4 Å². The van der Waals surface area contributed by atoms with E-state index in [9.17, 15) is 14.7 Å². The molecule has 0 radical (unpaired) electrons. The lowest BCUT2D eigenvalue weighted by Gasteiger charge is -2.51. The highest BCUT2D eigenvalue weighted by atomic mass is 35.5. The minimum atomic E-state index is -1.57. The number of allylic oxidation sites excluding steroid dienone is 3. The fraction of sp³-hybridized carbons (Fsp3) is 0.204. The number of aromatic hydroxyl groups is 1. The van der Waals surface area contributed by atoms with Gasteiger partial charge in [0.05, 0.1) is 52.9 Å². The monoisotopic (exact) mass is 878 g/mol. The summed E-state index contributed by atoms with van der Waals surface area (Å²) in [6.07, 6.45) is 4.19. The zero-order chi connectivity index (χ0) is 43.3. The summed E-state index contributed by atoms with van der Waals surface area (Å²) in [5.74, 6) is -4.23. The number of benzene rings is 5. The lowest BCUT2D eigenvalue weighted by atomic mass is 9.48. The van der Waals surface area contributed by atoms with Gasteiger partial charge < -0.3 is 19.0 Å². The molecule has 0 spiro atoms. The van der Waals surface area contributed by atoms with Crippen LogP contribution in [0.1, 0.15) is 24.0 Å². The standard InChI is InChI=1S/C49H36Cl2N4O8/c1-61-32-14-8-28(9-15-32)49-36(46(58)55(48(49)60)53-38-18-10-29(50)22-37(38)51)23-35-33(43(49)27-20-26-21-31(56)13-19-40(26)62-24-27)16-17-34-42(35)47(59)54(45(34)57)30-11-6-25(7-12-30)44-52-39-4-2-3-5-41(39)63-44/h2-16,18-19,21-22,24,34-36,42-43,53,56H,17,20,23H2,1H3/t34-,35+,36-,42-,43-,49+/m0/s1. The van der Waals surface area contributed by atoms with Crippen LogP contribution < -0.4 is 19.8 Å². The van der Waals surface area contributed by atoms with Gasteiger partial charge in [0.25, 0.3) is 11.8 Å². The van der Waals surface area contributed by atoms with Crippen LogP contribution in [0.25, 0.3) is 22.6 Å². The molecular weight excluding hydrogens is 843 g/mol. The molecule has 1 aromatic heterocycles. The number of halogens is 2. The first-order chi connectivity index (χ1) is 30.5. The average molecular weight is 880 g/mol. The lowest BCUT2D eigenvalue weighted by Crippen LogP contribution is -2.55. The Hall–Kier alpha value is -6.89. The molecule has 3 aliphatic heterocycles. The number of hydrogen-bond acceptors (Lipinski definition) is 10. The van der Waals surface area contributed by atoms with Crippen molar-refractivity contribution in [1.29, 1.82) is 0 Å². The van der Waals surface area contributed by atoms with Gasteiger partial charge in [-0.2, -0.15) is 5.01 Å². The second kappa shape index (κ2) is 14.6. The molecule has 2 N–H and O–H groups in total. The summed E-state index contributed by atoms with van der Waals surface area (Å²) in [6, 6.07) is 31.1. The molecule has 4 heterocycles. The van der Waals surface area contributed by atoms with E-state index < -0.39 is 46.8 Å². The van der Waals surface area contributed by atoms with Crippen molar-refractivity contribution < 1.29 is 38.2 Å². The number of phenolic OH excluding ortho intramolecular Hbond substituents is 1. The molecular formula is C49H36Cl2N4O8. The molecule has 2 saturated heterocycles. The fourth-order valence-corrected chi connectivity index (χ4v) is 11.1. The molecule has 4 amide bonds. The average Bonchev–Trinajstić information content (AvgIpc) is 3.91. The number of imide groups is 2. The van der Waals surface area contributed by atoms with E-state index >= 15 is 9.59 Å². The number of hydrazine groups is 1. The molecule has 6 aromatic rings. The summed E-state index contributed by atoms with van der Waals surface area (Å²) in [5.41, 5.74) is 6.86. The van der Waals surface area contributed by atoms with Crippen molar-refractivity contribution in [3.05, 3.63) is 154 Å². The molecule has 1 saturated carbocycles. The van der Waals surface area contributed by atoms with E-state index in [0.717, 1.165) is 10.6 Å². The molecule has 3 fully saturated rings. The summed E-state index contributed by atoms with van der Waals surface area (Å²) in [4.78, 5) is 66.1. The summed E-state index contributed by atoms with van der Waals surface area (Å²) < 4.78 is 17.7. The third kappa shape index (κ3) is 5.92. The van der Waals surface area contributed by atoms with Crippen LogP contribution in [0, 0.1) is 29.6 Å². The minimum Gasteiger partial charge on any atom is -0.508 e. The molecule has 14 heteroatoms. The molecule has 5 aliphatic rings. The Morgan fingerprint density at radius 2 is 1.67 bits per heavy atom. The summed E-state index contributed by atoms with van der Waals surface area (Å²) in [5, 5.41) is 12.2. The fourth-order valence-electron chi connectivity index (χ4n) is 10.7. The summed E-state index contributed by atoms with van der Waals surface area (Å²) >= 11 is 12.8. The Morgan fingerprint density at radius 3 is 2.43 bits per heavy atom. The number of nitrogens with one attached hydrogen (secondary N) is 1. The van der Waals surface area contributed by atoms with Crippen LogP contribution in [-0.2, 0) is 31.0 Å². The Morgan fingerprint density at radius 1 is 0.873 bits per heavy atom. The van der Waals surface area contributed by atoms with Gasteiger partial charge in [0.2, 0.25) is 17.7 Å². The van der Waals surface area contributed by atoms with Gasteiger partial charge >= 0.3 is 0 Å². The maximum Gasteiger partial charge on any atom is 0.260 e. The number of anilines is 2. The molecule has 0 bridgehead atoms. The number of fused-ring (bicyclic) bond motifs is 6. The number of carbonyl (C=O) groups excluding carboxylic acids is 4. The number of para-hydroxylation sites is 2. The van der Waals surface area contributed by atoms with E-state index in [4.69, 9.17) is 37.1 Å². The number of oxazole rings is 1. The van der Waals surface area contributed by atoms with Crippen molar-refractivity contribution in [3.8, 4) is 28.7 Å². The predicted molar refractivity (Wildman–Crippen MR) is 234 cm³/mol. The number of carbonyl (C=O) groups is 4. The molecule has 6 atom stereocenters. The second-order valence-electron chi connectivity index (χ2n) is 16.5. The number of phenols is 1. The maximum absolute atomic E-state index is 15.7. The molecule has 63 heavy (non-hydrogen) atoms. The Balaban J connectivity index is 1.03. The largest absolute Gasteiger partial charge is 0.508 e. The number of hydrogen-bond donors (Lipinski definition) is 2. The van der Waals surface area contributed by atoms with E-state index in [1.54, 1.807) is 86.2 Å². The van der Waals surface area contributed by atoms with Crippen LogP contribution >= 0.6 is 23.2 Å². The highest BCUT2D eigenvalue weighted by Gasteiger charge is 2.71. The van der Waals surface area contributed by atoms with Gasteiger partial charge in [-0.3, -0.25) is 29.5 Å². The highest BCUT2D eigenvalue weighted by Crippen LogP contribution is 2.63. The summed E-state index contributed by atoms with van der Waals surface area (Å²) in [6.45, 7) is 0. The normalized spacial score (nSPS) is 24.9. The van der Waals surface area contributed by atoms with Crippen LogP contribution in [-0.4, -0.2) is 45.8 Å². The van der Waals surface area contributed by atoms with Crippen molar-refractivity contribution in [3.63, 3.8) is 0 Å². The van der Waals surface area contributed by atoms with Crippen molar-refractivity contribution in [2.45, 2.75) is 24.7 Å². The zero-order valence-electron chi connectivity index (χ0n) is 33.5. The maximum atomic E-state index is 15.7. The van der Waals surface area contributed by atoms with E-state index in [1.165, 1.54) is 17.0 Å². The Labute approximate surface area is 370 Å². The molecule has 5 aromatic carbocycles. The number of aromatic nitrogens is 1. The third-order valence-electron chi connectivity index (χ3n) is 13.4. The Bertz CT molecular complexity index is 2970. The van der Waals surface area contributed by atoms with Crippen molar-refractivity contribution >= 4 is 69.3 Å². The van der Waals surface area contributed by atoms with Gasteiger partial charge in [-0.25, -0.2) is 4.98 Å². The number of methoxy groups -OCH3 is 1. The first kappa shape index (κ1) is 39.0. The van der Waals surface area contributed by atoms with Crippen LogP contribution in [0.5, 0.6) is 17.2 Å². The first-order valence-electron chi connectivity index (χ1n) is 20.5. The summed E-state index contributed by atoms with van der Waals surface area (Å²) in [7, 11) is 1.55. The van der Waals surface area contributed by atoms with Gasteiger partial charge in [-0.15, -0.1) is 0 Å². The zero-order valence-corrected chi connectivity index (χ0v) is 35.0. The second-order valence-corrected chi connectivity index (χ2v) is 17.4. The number of amides is 4. The van der Waals surface area contributed by atoms with Gasteiger partial charge in [-0.05, 0) is 115 Å². The smallest absolute Gasteiger partial charge is 0.260 e. The molecule has 11 rings (SSSR count). The van der Waals surface area contributed by atoms with E-state index in [2.05, 4.69) is 10.4 Å². The number of ether oxygens (including phenoxy) is 2. The van der Waals surface area contributed by atoms with Crippen LogP contribution in [0.4, 0.5) is 11.4 Å². The van der Waals surface area contributed by atoms with E-state index in [0.29, 0.717) is 67.2 Å². The molecule has 0 unspecified atom stereocenters.